The van der Waals surface area contributed by atoms with Crippen molar-refractivity contribution in [3.63, 3.8) is 0 Å². The van der Waals surface area contributed by atoms with Crippen molar-refractivity contribution in [1.82, 2.24) is 24.8 Å². The number of nitrogens with two attached hydrogens (primary N) is 1. The Hall–Kier alpha value is -3.00. The molecule has 7 nitrogen and oxygen atoms in total. The molecule has 5 rings (SSSR count). The van der Waals surface area contributed by atoms with Crippen LogP contribution in [0, 0.1) is 0 Å². The summed E-state index contributed by atoms with van der Waals surface area (Å²) in [5.41, 5.74) is 10.0. The van der Waals surface area contributed by atoms with Crippen molar-refractivity contribution in [1.29, 1.82) is 0 Å². The highest BCUT2D eigenvalue weighted by atomic mass is 35.5. The molecule has 31 heavy (non-hydrogen) atoms. The summed E-state index contributed by atoms with van der Waals surface area (Å²) in [4.78, 5) is 28.2. The van der Waals surface area contributed by atoms with Gasteiger partial charge in [-0.1, -0.05) is 23.7 Å². The Morgan fingerprint density at radius 2 is 2.03 bits per heavy atom. The molecule has 0 radical (unpaired) electrons. The molecular weight excluding hydrogens is 412 g/mol. The molecule has 158 valence electrons. The number of hydrogen-bond donors (Lipinski definition) is 2. The van der Waals surface area contributed by atoms with Gasteiger partial charge < -0.3 is 15.5 Å². The summed E-state index contributed by atoms with van der Waals surface area (Å²) in [7, 11) is 0. The van der Waals surface area contributed by atoms with Crippen LogP contribution in [0.15, 0.2) is 48.8 Å². The van der Waals surface area contributed by atoms with Crippen molar-refractivity contribution < 1.29 is 4.79 Å². The summed E-state index contributed by atoms with van der Waals surface area (Å²) in [6.45, 7) is 3.88. The second-order valence-electron chi connectivity index (χ2n) is 8.05. The number of aromatic amines is 1. The van der Waals surface area contributed by atoms with E-state index in [-0.39, 0.29) is 6.04 Å². The molecule has 1 fully saturated rings. The number of nitrogen functional groups attached to an aromatic ring is 1. The van der Waals surface area contributed by atoms with Crippen LogP contribution in [0.3, 0.4) is 0 Å². The van der Waals surface area contributed by atoms with Gasteiger partial charge in [0.1, 0.15) is 18.4 Å². The summed E-state index contributed by atoms with van der Waals surface area (Å²) < 4.78 is 0. The number of carbonyl (C=O) groups is 1. The number of anilines is 1. The van der Waals surface area contributed by atoms with E-state index in [1.54, 1.807) is 0 Å². The van der Waals surface area contributed by atoms with E-state index in [1.807, 2.05) is 36.4 Å². The maximum absolute atomic E-state index is 11.9. The maximum Gasteiger partial charge on any atom is 0.138 e. The Labute approximate surface area is 184 Å². The summed E-state index contributed by atoms with van der Waals surface area (Å²) in [6.07, 6.45) is 2.53. The number of H-pyrrole nitrogens is 1. The van der Waals surface area contributed by atoms with Crippen LogP contribution in [0.25, 0.3) is 21.8 Å². The van der Waals surface area contributed by atoms with Crippen LogP contribution in [0.4, 0.5) is 5.82 Å². The fourth-order valence-electron chi connectivity index (χ4n) is 4.32. The van der Waals surface area contributed by atoms with Crippen LogP contribution in [-0.2, 0) is 17.9 Å². The molecular formula is C23H23ClN6O. The normalized spacial score (nSPS) is 18.0. The summed E-state index contributed by atoms with van der Waals surface area (Å²) in [5, 5.41) is 2.71. The number of benzene rings is 2. The first-order valence-corrected chi connectivity index (χ1v) is 10.6. The highest BCUT2D eigenvalue weighted by Gasteiger charge is 2.27. The highest BCUT2D eigenvalue weighted by molar-refractivity contribution is 6.31. The maximum atomic E-state index is 11.9. The smallest absolute Gasteiger partial charge is 0.138 e. The van der Waals surface area contributed by atoms with E-state index in [0.29, 0.717) is 18.9 Å². The SMILES string of the molecule is Nc1ncnc2cc(CN3CCN(Cc4cc5ccc(Cl)cc5[nH]4)CC3C=O)ccc12. The molecule has 1 atom stereocenters. The van der Waals surface area contributed by atoms with Gasteiger partial charge >= 0.3 is 0 Å². The zero-order chi connectivity index (χ0) is 21.4. The molecule has 3 heterocycles. The summed E-state index contributed by atoms with van der Waals surface area (Å²) >= 11 is 6.09. The predicted octanol–water partition coefficient (Wildman–Crippen LogP) is 3.23. The average molecular weight is 435 g/mol. The molecule has 1 unspecified atom stereocenters. The van der Waals surface area contributed by atoms with E-state index in [9.17, 15) is 4.79 Å². The van der Waals surface area contributed by atoms with Crippen LogP contribution in [0.1, 0.15) is 11.3 Å². The lowest BCUT2D eigenvalue weighted by Crippen LogP contribution is -2.53. The van der Waals surface area contributed by atoms with E-state index < -0.39 is 0 Å². The quantitative estimate of drug-likeness (QED) is 0.468. The number of aromatic nitrogens is 3. The van der Waals surface area contributed by atoms with Crippen LogP contribution in [0.2, 0.25) is 5.02 Å². The minimum atomic E-state index is -0.154. The lowest BCUT2D eigenvalue weighted by molar-refractivity contribution is -0.115. The number of fused-ring (bicyclic) bond motifs is 2. The van der Waals surface area contributed by atoms with Crippen LogP contribution >= 0.6 is 11.6 Å². The largest absolute Gasteiger partial charge is 0.383 e. The molecule has 0 bridgehead atoms. The summed E-state index contributed by atoms with van der Waals surface area (Å²) in [5.74, 6) is 0.482. The van der Waals surface area contributed by atoms with E-state index in [1.165, 1.54) is 6.33 Å². The van der Waals surface area contributed by atoms with Crippen LogP contribution in [-0.4, -0.2) is 56.7 Å². The minimum Gasteiger partial charge on any atom is -0.383 e. The van der Waals surface area contributed by atoms with Gasteiger partial charge in [0, 0.05) is 54.3 Å². The topological polar surface area (TPSA) is 91.1 Å². The Balaban J connectivity index is 1.27. The third-order valence-electron chi connectivity index (χ3n) is 5.93. The van der Waals surface area contributed by atoms with Gasteiger partial charge in [-0.25, -0.2) is 9.97 Å². The second-order valence-corrected chi connectivity index (χ2v) is 8.48. The molecule has 8 heteroatoms. The number of piperazine rings is 1. The van der Waals surface area contributed by atoms with Gasteiger partial charge in [0.15, 0.2) is 0 Å². The zero-order valence-electron chi connectivity index (χ0n) is 17.0. The van der Waals surface area contributed by atoms with Crippen LogP contribution in [0.5, 0.6) is 0 Å². The molecule has 1 saturated heterocycles. The fraction of sp³-hybridized carbons (Fsp3) is 0.261. The Morgan fingerprint density at radius 1 is 1.13 bits per heavy atom. The lowest BCUT2D eigenvalue weighted by Gasteiger charge is -2.38. The van der Waals surface area contributed by atoms with E-state index in [4.69, 9.17) is 17.3 Å². The number of rotatable bonds is 5. The average Bonchev–Trinajstić information content (AvgIpc) is 3.16. The van der Waals surface area contributed by atoms with Crippen molar-refractivity contribution in [3.05, 3.63) is 65.1 Å². The number of aldehydes is 1. The third kappa shape index (κ3) is 4.12. The van der Waals surface area contributed by atoms with E-state index >= 15 is 0 Å². The Bertz CT molecular complexity index is 1260. The van der Waals surface area contributed by atoms with Gasteiger partial charge in [-0.15, -0.1) is 0 Å². The molecule has 4 aromatic rings. The zero-order valence-corrected chi connectivity index (χ0v) is 17.7. The fourth-order valence-corrected chi connectivity index (χ4v) is 4.49. The third-order valence-corrected chi connectivity index (χ3v) is 6.16. The molecule has 2 aromatic heterocycles. The molecule has 1 aliphatic heterocycles. The first-order valence-electron chi connectivity index (χ1n) is 10.3. The molecule has 0 saturated carbocycles. The van der Waals surface area contributed by atoms with Crippen molar-refractivity contribution >= 4 is 45.5 Å². The van der Waals surface area contributed by atoms with Gasteiger partial charge in [-0.3, -0.25) is 9.80 Å². The van der Waals surface area contributed by atoms with E-state index in [2.05, 4.69) is 30.8 Å². The number of nitrogens with zero attached hydrogens (tertiary/aromatic N) is 4. The van der Waals surface area contributed by atoms with Crippen molar-refractivity contribution in [3.8, 4) is 0 Å². The number of halogens is 1. The minimum absolute atomic E-state index is 0.154. The van der Waals surface area contributed by atoms with E-state index in [0.717, 1.165) is 64.0 Å². The van der Waals surface area contributed by atoms with Crippen LogP contribution < -0.4 is 5.73 Å². The molecule has 0 amide bonds. The van der Waals surface area contributed by atoms with Crippen molar-refractivity contribution in [2.24, 2.45) is 0 Å². The molecule has 0 spiro atoms. The second kappa shape index (κ2) is 8.26. The van der Waals surface area contributed by atoms with Gasteiger partial charge in [-0.2, -0.15) is 0 Å². The highest BCUT2D eigenvalue weighted by Crippen LogP contribution is 2.23. The molecule has 1 aliphatic rings. The van der Waals surface area contributed by atoms with Crippen molar-refractivity contribution in [2.75, 3.05) is 25.4 Å². The predicted molar refractivity (Wildman–Crippen MR) is 123 cm³/mol. The molecule has 0 aliphatic carbocycles. The molecule has 2 aromatic carbocycles. The first kappa shape index (κ1) is 19.9. The van der Waals surface area contributed by atoms with Crippen molar-refractivity contribution in [2.45, 2.75) is 19.1 Å². The number of nitrogens with one attached hydrogen (secondary N) is 1. The monoisotopic (exact) mass is 434 g/mol. The van der Waals surface area contributed by atoms with Gasteiger partial charge in [0.05, 0.1) is 11.6 Å². The van der Waals surface area contributed by atoms with Gasteiger partial charge in [0.2, 0.25) is 0 Å². The molecule has 3 N–H and O–H groups in total. The number of hydrogen-bond acceptors (Lipinski definition) is 6. The Kier molecular flexibility index (Phi) is 5.31. The lowest BCUT2D eigenvalue weighted by atomic mass is 10.1. The first-order chi connectivity index (χ1) is 15.1. The van der Waals surface area contributed by atoms with Gasteiger partial charge in [0.25, 0.3) is 0 Å². The summed E-state index contributed by atoms with van der Waals surface area (Å²) in [6, 6.07) is 13.9. The standard InChI is InChI=1S/C23H23ClN6O/c24-17-3-2-16-8-18(28-21(16)9-17)11-29-5-6-30(19(12-29)13-31)10-15-1-4-20-22(7-15)26-14-27-23(20)25/h1-4,7-9,13-14,19,28H,5-6,10-12H2,(H2,25,26,27). The number of carbonyl (C=O) groups excluding carboxylic acids is 1. The van der Waals surface area contributed by atoms with Gasteiger partial charge in [-0.05, 0) is 41.3 Å². The Morgan fingerprint density at radius 3 is 2.90 bits per heavy atom.